The fraction of sp³-hybridized carbons (Fsp3) is 0. The van der Waals surface area contributed by atoms with Crippen LogP contribution in [0.2, 0.25) is 0 Å². The van der Waals surface area contributed by atoms with Crippen LogP contribution in [0.4, 0.5) is 0 Å². The third-order valence-corrected chi connectivity index (χ3v) is 1.49. The van der Waals surface area contributed by atoms with E-state index in [0.717, 1.165) is 0 Å². The van der Waals surface area contributed by atoms with Crippen molar-refractivity contribution in [3.63, 3.8) is 0 Å². The van der Waals surface area contributed by atoms with Crippen LogP contribution in [0, 0.1) is 0 Å². The topological polar surface area (TPSA) is 80.6 Å². The van der Waals surface area contributed by atoms with Crippen molar-refractivity contribution in [2.45, 2.75) is 0 Å². The molecule has 0 unspecified atom stereocenters. The molecule has 0 spiro atoms. The minimum atomic E-state index is -1.43. The van der Waals surface area contributed by atoms with Crippen molar-refractivity contribution in [3.05, 3.63) is 41.8 Å². The Morgan fingerprint density at radius 1 is 1.14 bits per heavy atom. The van der Waals surface area contributed by atoms with Gasteiger partial charge in [-0.1, -0.05) is 30.3 Å². The molecular formula is C9H7LiO4. The van der Waals surface area contributed by atoms with Gasteiger partial charge in [0, 0.05) is 0 Å². The monoisotopic (exact) mass is 186 g/mol. The van der Waals surface area contributed by atoms with Crippen LogP contribution in [0.1, 0.15) is 5.56 Å². The molecule has 0 bridgehead atoms. The fourth-order valence-corrected chi connectivity index (χ4v) is 0.943. The van der Waals surface area contributed by atoms with Gasteiger partial charge >= 0.3 is 24.8 Å². The smallest absolute Gasteiger partial charge is 0.629 e. The second-order valence-electron chi connectivity index (χ2n) is 2.35. The van der Waals surface area contributed by atoms with E-state index in [1.807, 2.05) is 0 Å². The molecule has 4 nitrogen and oxygen atoms in total. The molecule has 1 aromatic carbocycles. The van der Waals surface area contributed by atoms with Crippen LogP contribution >= 0.6 is 0 Å². The molecule has 0 aromatic heterocycles. The minimum absolute atomic E-state index is 0. The molecule has 2 N–H and O–H groups in total. The summed E-state index contributed by atoms with van der Waals surface area (Å²) in [6.45, 7) is 0. The Morgan fingerprint density at radius 3 is 2.00 bits per heavy atom. The molecule has 0 saturated carbocycles. The van der Waals surface area contributed by atoms with Crippen LogP contribution in [0.5, 0.6) is 0 Å². The number of carboxylic acid groups (broad SMARTS) is 1. The minimum Gasteiger partial charge on any atom is -0.629 e. The summed E-state index contributed by atoms with van der Waals surface area (Å²) >= 11 is 0. The van der Waals surface area contributed by atoms with E-state index >= 15 is 0 Å². The first kappa shape index (κ1) is 12.6. The number of carboxylic acids is 1. The number of hydrogen-bond acceptors (Lipinski definition) is 3. The molecule has 0 amide bonds. The summed E-state index contributed by atoms with van der Waals surface area (Å²) in [5, 5.41) is 27.7. The summed E-state index contributed by atoms with van der Waals surface area (Å²) in [7, 11) is 0. The zero-order valence-electron chi connectivity index (χ0n) is 7.60. The molecule has 0 atom stereocenters. The van der Waals surface area contributed by atoms with Gasteiger partial charge in [-0.15, -0.1) is 0 Å². The molecule has 0 radical (unpaired) electrons. The van der Waals surface area contributed by atoms with Gasteiger partial charge in [0.1, 0.15) is 0 Å². The Balaban J connectivity index is 0.00000169. The zero-order chi connectivity index (χ0) is 9.84. The number of benzene rings is 1. The summed E-state index contributed by atoms with van der Waals surface area (Å²) in [5.41, 5.74) is -0.414. The number of aliphatic carboxylic acids is 1. The molecule has 0 aliphatic carbocycles. The maximum absolute atomic E-state index is 10.5. The third kappa shape index (κ3) is 2.84. The van der Waals surface area contributed by atoms with E-state index in [9.17, 15) is 9.90 Å². The fourth-order valence-electron chi connectivity index (χ4n) is 0.943. The van der Waals surface area contributed by atoms with Crippen molar-refractivity contribution < 1.29 is 39.0 Å². The molecule has 1 rings (SSSR count). The van der Waals surface area contributed by atoms with Crippen molar-refractivity contribution in [1.82, 2.24) is 0 Å². The van der Waals surface area contributed by atoms with Crippen LogP contribution in [-0.2, 0) is 4.79 Å². The number of aliphatic hydroxyl groups is 1. The second kappa shape index (κ2) is 5.38. The van der Waals surface area contributed by atoms with E-state index < -0.39 is 17.5 Å². The van der Waals surface area contributed by atoms with Gasteiger partial charge in [-0.05, 0) is 5.56 Å². The molecule has 68 valence electrons. The van der Waals surface area contributed by atoms with Gasteiger partial charge in [0.05, 0.1) is 11.5 Å². The summed E-state index contributed by atoms with van der Waals surface area (Å²) < 4.78 is 0. The normalized spacial score (nSPS) is 11.1. The molecule has 0 aliphatic rings. The Bertz CT molecular complexity index is 341. The van der Waals surface area contributed by atoms with Crippen molar-refractivity contribution >= 4 is 11.5 Å². The van der Waals surface area contributed by atoms with Crippen LogP contribution < -0.4 is 24.0 Å². The Morgan fingerprint density at radius 2 is 1.64 bits per heavy atom. The predicted octanol–water partition coefficient (Wildman–Crippen LogP) is -2.64. The van der Waals surface area contributed by atoms with Crippen molar-refractivity contribution in [2.75, 3.05) is 0 Å². The quantitative estimate of drug-likeness (QED) is 0.300. The van der Waals surface area contributed by atoms with Crippen molar-refractivity contribution in [3.8, 4) is 0 Å². The first-order chi connectivity index (χ1) is 6.13. The van der Waals surface area contributed by atoms with Gasteiger partial charge in [0.2, 0.25) is 0 Å². The molecule has 14 heavy (non-hydrogen) atoms. The van der Waals surface area contributed by atoms with Gasteiger partial charge in [0.25, 0.3) is 0 Å². The number of rotatable bonds is 2. The Hall–Kier alpha value is -1.37. The summed E-state index contributed by atoms with van der Waals surface area (Å²) in [6, 6.07) is 7.74. The summed E-state index contributed by atoms with van der Waals surface area (Å²) in [4.78, 5) is 10.5. The molecular weight excluding hydrogens is 179 g/mol. The van der Waals surface area contributed by atoms with Crippen molar-refractivity contribution in [2.24, 2.45) is 0 Å². The molecule has 0 fully saturated rings. The van der Waals surface area contributed by atoms with Crippen molar-refractivity contribution in [1.29, 1.82) is 0 Å². The second-order valence-corrected chi connectivity index (χ2v) is 2.35. The maximum atomic E-state index is 10.5. The van der Waals surface area contributed by atoms with E-state index in [2.05, 4.69) is 0 Å². The molecule has 0 heterocycles. The number of carbonyl (C=O) groups is 1. The Kier molecular flexibility index (Phi) is 4.85. The van der Waals surface area contributed by atoms with E-state index in [1.165, 1.54) is 12.1 Å². The third-order valence-electron chi connectivity index (χ3n) is 1.49. The van der Waals surface area contributed by atoms with E-state index in [0.29, 0.717) is 0 Å². The SMILES string of the molecule is O=C(O)C(=C([O-])O)c1ccccc1.[Li+]. The molecule has 0 aliphatic heterocycles. The van der Waals surface area contributed by atoms with Gasteiger partial charge in [0.15, 0.2) is 0 Å². The Labute approximate surface area is 92.7 Å². The molecule has 1 aromatic rings. The first-order valence-electron chi connectivity index (χ1n) is 3.52. The van der Waals surface area contributed by atoms with Gasteiger partial charge < -0.3 is 15.3 Å². The van der Waals surface area contributed by atoms with Crippen LogP contribution in [-0.4, -0.2) is 16.2 Å². The summed E-state index contributed by atoms with van der Waals surface area (Å²) in [5.74, 6) is -2.86. The number of aliphatic hydroxyl groups excluding tert-OH is 1. The van der Waals surface area contributed by atoms with Crippen LogP contribution in [0.25, 0.3) is 5.57 Å². The standard InChI is InChI=1S/C9H8O4.Li/c10-8(11)7(9(12)13)6-4-2-1-3-5-6;/h1-5,10-11H,(H,12,13);/q;+1/p-1. The van der Waals surface area contributed by atoms with Gasteiger partial charge in [-0.25, -0.2) is 4.79 Å². The number of hydrogen-bond donors (Lipinski definition) is 2. The first-order valence-corrected chi connectivity index (χ1v) is 3.52. The van der Waals surface area contributed by atoms with E-state index in [1.54, 1.807) is 18.2 Å². The van der Waals surface area contributed by atoms with Crippen LogP contribution in [0.3, 0.4) is 0 Å². The average molecular weight is 186 g/mol. The largest absolute Gasteiger partial charge is 1.00 e. The molecule has 0 saturated heterocycles. The van der Waals surface area contributed by atoms with E-state index in [-0.39, 0.29) is 24.4 Å². The summed E-state index contributed by atoms with van der Waals surface area (Å²) in [6.07, 6.45) is 0. The van der Waals surface area contributed by atoms with Crippen LogP contribution in [0.15, 0.2) is 36.3 Å². The maximum Gasteiger partial charge on any atom is 1.00 e. The van der Waals surface area contributed by atoms with Gasteiger partial charge in [-0.2, -0.15) is 0 Å². The molecule has 5 heteroatoms. The van der Waals surface area contributed by atoms with Gasteiger partial charge in [-0.3, -0.25) is 0 Å². The zero-order valence-corrected chi connectivity index (χ0v) is 7.60. The predicted molar refractivity (Wildman–Crippen MR) is 43.6 cm³/mol. The van der Waals surface area contributed by atoms with E-state index in [4.69, 9.17) is 10.2 Å². The average Bonchev–Trinajstić information content (AvgIpc) is 2.04.